The van der Waals surface area contributed by atoms with Gasteiger partial charge in [0, 0.05) is 12.8 Å². The van der Waals surface area contributed by atoms with Crippen molar-refractivity contribution in [2.45, 2.75) is 44.9 Å². The van der Waals surface area contributed by atoms with Gasteiger partial charge in [-0.1, -0.05) is 6.42 Å². The first kappa shape index (κ1) is 9.72. The zero-order valence-electron chi connectivity index (χ0n) is 7.77. The molecule has 0 aromatic carbocycles. The lowest BCUT2D eigenvalue weighted by Crippen LogP contribution is -2.16. The minimum Gasteiger partial charge on any atom is -0.317 e. The number of carbonyl (C=O) groups is 1. The van der Waals surface area contributed by atoms with Gasteiger partial charge in [-0.25, -0.2) is 0 Å². The molecule has 0 aromatic rings. The van der Waals surface area contributed by atoms with Crippen LogP contribution in [0.2, 0.25) is 0 Å². The van der Waals surface area contributed by atoms with Gasteiger partial charge in [0.25, 0.3) is 0 Å². The Morgan fingerprint density at radius 2 is 1.42 bits per heavy atom. The normalized spacial score (nSPS) is 23.2. The highest BCUT2D eigenvalue weighted by molar-refractivity contribution is 5.78. The minimum absolute atomic E-state index is 0.469. The topological polar surface area (TPSA) is 29.1 Å². The van der Waals surface area contributed by atoms with Crippen molar-refractivity contribution in [3.8, 4) is 0 Å². The largest absolute Gasteiger partial charge is 0.317 e. The average molecular weight is 169 g/mol. The Balaban J connectivity index is 2.17. The summed E-state index contributed by atoms with van der Waals surface area (Å²) in [6.07, 6.45) is 7.39. The molecule has 0 saturated carbocycles. The summed E-state index contributed by atoms with van der Waals surface area (Å²) in [7, 11) is 0. The molecule has 1 rings (SSSR count). The molecule has 2 heteroatoms. The molecule has 1 fully saturated rings. The fourth-order valence-corrected chi connectivity index (χ4v) is 1.57. The third-order valence-corrected chi connectivity index (χ3v) is 2.37. The summed E-state index contributed by atoms with van der Waals surface area (Å²) in [6.45, 7) is 2.22. The number of carbonyl (C=O) groups excluding carboxylic acids is 1. The Hall–Kier alpha value is -0.370. The van der Waals surface area contributed by atoms with E-state index in [1.165, 1.54) is 12.8 Å². The van der Waals surface area contributed by atoms with Gasteiger partial charge < -0.3 is 5.32 Å². The van der Waals surface area contributed by atoms with Gasteiger partial charge in [0.05, 0.1) is 0 Å². The standard InChI is InChI=1S/C10H19NO/c12-10-6-2-1-4-8-11-9-5-3-7-10/h11H,1-9H2. The summed E-state index contributed by atoms with van der Waals surface area (Å²) in [5.74, 6) is 0.469. The van der Waals surface area contributed by atoms with Crippen molar-refractivity contribution in [2.75, 3.05) is 13.1 Å². The fraction of sp³-hybridized carbons (Fsp3) is 0.900. The maximum absolute atomic E-state index is 11.2. The van der Waals surface area contributed by atoms with Crippen molar-refractivity contribution < 1.29 is 4.79 Å². The molecule has 12 heavy (non-hydrogen) atoms. The second-order valence-electron chi connectivity index (χ2n) is 3.56. The van der Waals surface area contributed by atoms with Crippen LogP contribution >= 0.6 is 0 Å². The van der Waals surface area contributed by atoms with Gasteiger partial charge in [-0.3, -0.25) is 4.79 Å². The first-order chi connectivity index (χ1) is 5.89. The molecule has 0 aliphatic carbocycles. The molecule has 1 aliphatic rings. The second-order valence-corrected chi connectivity index (χ2v) is 3.56. The van der Waals surface area contributed by atoms with E-state index in [1.807, 2.05) is 0 Å². The van der Waals surface area contributed by atoms with Gasteiger partial charge in [0.2, 0.25) is 0 Å². The van der Waals surface area contributed by atoms with Crippen molar-refractivity contribution >= 4 is 5.78 Å². The van der Waals surface area contributed by atoms with Gasteiger partial charge >= 0.3 is 0 Å². The zero-order valence-corrected chi connectivity index (χ0v) is 7.77. The smallest absolute Gasteiger partial charge is 0.132 e. The number of ketones is 1. The Labute approximate surface area is 74.7 Å². The number of Topliss-reactive ketones (excluding diaryl/α,β-unsaturated/α-hetero) is 1. The van der Waals surface area contributed by atoms with Crippen LogP contribution in [0.3, 0.4) is 0 Å². The molecule has 70 valence electrons. The zero-order chi connectivity index (χ0) is 8.65. The third kappa shape index (κ3) is 4.50. The molecule has 1 saturated heterocycles. The van der Waals surface area contributed by atoms with Crippen molar-refractivity contribution in [1.82, 2.24) is 5.32 Å². The Bertz CT molecular complexity index is 120. The van der Waals surface area contributed by atoms with Crippen molar-refractivity contribution in [1.29, 1.82) is 0 Å². The van der Waals surface area contributed by atoms with E-state index in [2.05, 4.69) is 5.32 Å². The molecule has 1 N–H and O–H groups in total. The molecule has 0 radical (unpaired) electrons. The molecule has 0 spiro atoms. The van der Waals surface area contributed by atoms with Gasteiger partial charge in [-0.2, -0.15) is 0 Å². The summed E-state index contributed by atoms with van der Waals surface area (Å²) >= 11 is 0. The Morgan fingerprint density at radius 1 is 0.833 bits per heavy atom. The molecule has 0 amide bonds. The predicted octanol–water partition coefficient (Wildman–Crippen LogP) is 1.89. The van der Waals surface area contributed by atoms with E-state index >= 15 is 0 Å². The summed E-state index contributed by atoms with van der Waals surface area (Å²) in [5.41, 5.74) is 0. The molecular formula is C10H19NO. The van der Waals surface area contributed by atoms with Gasteiger partial charge in [0.1, 0.15) is 5.78 Å². The second kappa shape index (κ2) is 6.18. The highest BCUT2D eigenvalue weighted by Gasteiger charge is 2.02. The highest BCUT2D eigenvalue weighted by Crippen LogP contribution is 2.06. The molecule has 0 unspecified atom stereocenters. The van der Waals surface area contributed by atoms with E-state index in [4.69, 9.17) is 0 Å². The maximum Gasteiger partial charge on any atom is 0.132 e. The number of hydrogen-bond donors (Lipinski definition) is 1. The van der Waals surface area contributed by atoms with Crippen molar-refractivity contribution in [3.63, 3.8) is 0 Å². The lowest BCUT2D eigenvalue weighted by molar-refractivity contribution is -0.119. The van der Waals surface area contributed by atoms with Gasteiger partial charge in [0.15, 0.2) is 0 Å². The van der Waals surface area contributed by atoms with Crippen LogP contribution in [-0.2, 0) is 4.79 Å². The Kier molecular flexibility index (Phi) is 5.00. The van der Waals surface area contributed by atoms with E-state index in [1.54, 1.807) is 0 Å². The van der Waals surface area contributed by atoms with Crippen LogP contribution in [0.15, 0.2) is 0 Å². The van der Waals surface area contributed by atoms with Crippen LogP contribution in [0.1, 0.15) is 44.9 Å². The van der Waals surface area contributed by atoms with Crippen LogP contribution in [-0.4, -0.2) is 18.9 Å². The molecular weight excluding hydrogens is 150 g/mol. The van der Waals surface area contributed by atoms with Crippen molar-refractivity contribution in [2.24, 2.45) is 0 Å². The first-order valence-corrected chi connectivity index (χ1v) is 5.12. The van der Waals surface area contributed by atoms with E-state index in [-0.39, 0.29) is 0 Å². The molecule has 0 atom stereocenters. The highest BCUT2D eigenvalue weighted by atomic mass is 16.1. The van der Waals surface area contributed by atoms with Crippen LogP contribution in [0.4, 0.5) is 0 Å². The Morgan fingerprint density at radius 3 is 2.17 bits per heavy atom. The summed E-state index contributed by atoms with van der Waals surface area (Å²) < 4.78 is 0. The molecule has 1 heterocycles. The monoisotopic (exact) mass is 169 g/mol. The lowest BCUT2D eigenvalue weighted by Gasteiger charge is -2.00. The van der Waals surface area contributed by atoms with Gasteiger partial charge in [-0.05, 0) is 38.8 Å². The van der Waals surface area contributed by atoms with Crippen LogP contribution in [0.5, 0.6) is 0 Å². The molecule has 2 nitrogen and oxygen atoms in total. The summed E-state index contributed by atoms with van der Waals surface area (Å²) in [4.78, 5) is 11.2. The molecule has 1 aliphatic heterocycles. The quantitative estimate of drug-likeness (QED) is 0.600. The fourth-order valence-electron chi connectivity index (χ4n) is 1.57. The minimum atomic E-state index is 0.469. The van der Waals surface area contributed by atoms with Crippen LogP contribution < -0.4 is 5.32 Å². The molecule has 0 aromatic heterocycles. The predicted molar refractivity (Wildman–Crippen MR) is 50.2 cm³/mol. The van der Waals surface area contributed by atoms with E-state index in [9.17, 15) is 4.79 Å². The lowest BCUT2D eigenvalue weighted by atomic mass is 10.1. The van der Waals surface area contributed by atoms with Gasteiger partial charge in [-0.15, -0.1) is 0 Å². The third-order valence-electron chi connectivity index (χ3n) is 2.37. The summed E-state index contributed by atoms with van der Waals surface area (Å²) in [5, 5.41) is 3.39. The number of rotatable bonds is 0. The van der Waals surface area contributed by atoms with Crippen LogP contribution in [0.25, 0.3) is 0 Å². The number of hydrogen-bond acceptors (Lipinski definition) is 2. The SMILES string of the molecule is O=C1CCCCCNCCCC1. The first-order valence-electron chi connectivity index (χ1n) is 5.12. The van der Waals surface area contributed by atoms with E-state index < -0.39 is 0 Å². The van der Waals surface area contributed by atoms with Crippen molar-refractivity contribution in [3.05, 3.63) is 0 Å². The summed E-state index contributed by atoms with van der Waals surface area (Å²) in [6, 6.07) is 0. The molecule has 0 bridgehead atoms. The average Bonchev–Trinajstić information content (AvgIpc) is 2.11. The maximum atomic E-state index is 11.2. The van der Waals surface area contributed by atoms with Crippen LogP contribution in [0, 0.1) is 0 Å². The van der Waals surface area contributed by atoms with E-state index in [0.29, 0.717) is 5.78 Å². The number of nitrogens with one attached hydrogen (secondary N) is 1. The van der Waals surface area contributed by atoms with E-state index in [0.717, 1.165) is 45.2 Å².